The minimum absolute atomic E-state index is 0.141. The van der Waals surface area contributed by atoms with Crippen LogP contribution in [0.15, 0.2) is 48.5 Å². The zero-order valence-electron chi connectivity index (χ0n) is 18.4. The number of fused-ring (bicyclic) bond motifs is 3. The molecular formula is C24H25F3N2O5. The summed E-state index contributed by atoms with van der Waals surface area (Å²) in [6.45, 7) is 1.29. The summed E-state index contributed by atoms with van der Waals surface area (Å²) in [7, 11) is 0. The first-order chi connectivity index (χ1) is 16.1. The number of hydrogen-bond donors (Lipinski definition) is 3. The van der Waals surface area contributed by atoms with Crippen molar-refractivity contribution in [2.24, 2.45) is 0 Å². The van der Waals surface area contributed by atoms with Gasteiger partial charge in [0.2, 0.25) is 5.91 Å². The molecule has 2 atom stereocenters. The van der Waals surface area contributed by atoms with E-state index in [1.807, 2.05) is 53.8 Å². The standard InChI is InChI=1S/C24H25F3N2O5/c1-14(12-22(31)32)28-21(30)11-10-20(24(25,26)27)29-23(33)34-13-19-17-8-4-2-6-15(17)16-7-3-5-9-18(16)19/h2-9,14,19-20H,10-13H2,1H3,(H,28,30)(H,29,33)(H,31,32)/t14-,20-/m0/s1. The topological polar surface area (TPSA) is 105 Å². The van der Waals surface area contributed by atoms with Crippen molar-refractivity contribution in [3.05, 3.63) is 59.7 Å². The molecule has 34 heavy (non-hydrogen) atoms. The molecule has 1 aliphatic carbocycles. The lowest BCUT2D eigenvalue weighted by Gasteiger charge is -2.22. The molecule has 0 fully saturated rings. The molecule has 0 bridgehead atoms. The minimum atomic E-state index is -4.79. The first-order valence-corrected chi connectivity index (χ1v) is 10.8. The second-order valence-electron chi connectivity index (χ2n) is 8.17. The minimum Gasteiger partial charge on any atom is -0.481 e. The van der Waals surface area contributed by atoms with Crippen LogP contribution in [-0.4, -0.2) is 47.9 Å². The van der Waals surface area contributed by atoms with Gasteiger partial charge in [-0.05, 0) is 35.6 Å². The Morgan fingerprint density at radius 3 is 2.09 bits per heavy atom. The van der Waals surface area contributed by atoms with E-state index in [2.05, 4.69) is 5.32 Å². The maximum absolute atomic E-state index is 13.4. The third kappa shape index (κ3) is 6.27. The number of alkyl halides is 3. The summed E-state index contributed by atoms with van der Waals surface area (Å²) < 4.78 is 45.4. The van der Waals surface area contributed by atoms with Crippen molar-refractivity contribution in [3.8, 4) is 11.1 Å². The highest BCUT2D eigenvalue weighted by Crippen LogP contribution is 2.44. The van der Waals surface area contributed by atoms with Crippen LogP contribution < -0.4 is 10.6 Å². The van der Waals surface area contributed by atoms with Gasteiger partial charge in [-0.25, -0.2) is 4.79 Å². The predicted octanol–water partition coefficient (Wildman–Crippen LogP) is 4.22. The van der Waals surface area contributed by atoms with Crippen molar-refractivity contribution in [1.82, 2.24) is 10.6 Å². The lowest BCUT2D eigenvalue weighted by molar-refractivity contribution is -0.156. The number of ether oxygens (including phenoxy) is 1. The summed E-state index contributed by atoms with van der Waals surface area (Å²) in [5.41, 5.74) is 3.83. The van der Waals surface area contributed by atoms with Gasteiger partial charge in [0.1, 0.15) is 12.6 Å². The number of rotatable bonds is 9. The number of aliphatic carboxylic acids is 1. The van der Waals surface area contributed by atoms with E-state index in [0.717, 1.165) is 22.3 Å². The van der Waals surface area contributed by atoms with Crippen LogP contribution in [0.3, 0.4) is 0 Å². The van der Waals surface area contributed by atoms with Gasteiger partial charge in [0.25, 0.3) is 0 Å². The summed E-state index contributed by atoms with van der Waals surface area (Å²) in [4.78, 5) is 34.7. The number of carboxylic acid groups (broad SMARTS) is 1. The van der Waals surface area contributed by atoms with Crippen LogP contribution in [0.25, 0.3) is 11.1 Å². The number of carboxylic acids is 1. The number of carbonyl (C=O) groups is 3. The molecular weight excluding hydrogens is 453 g/mol. The lowest BCUT2D eigenvalue weighted by Crippen LogP contribution is -2.46. The summed E-state index contributed by atoms with van der Waals surface area (Å²) >= 11 is 0. The molecule has 3 rings (SSSR count). The average Bonchev–Trinajstić information content (AvgIpc) is 3.07. The summed E-state index contributed by atoms with van der Waals surface area (Å²) in [6, 6.07) is 12.1. The Morgan fingerprint density at radius 2 is 1.56 bits per heavy atom. The summed E-state index contributed by atoms with van der Waals surface area (Å²) in [6.07, 6.45) is -7.63. The van der Waals surface area contributed by atoms with Crippen molar-refractivity contribution in [2.75, 3.05) is 6.61 Å². The molecule has 0 saturated carbocycles. The highest BCUT2D eigenvalue weighted by atomic mass is 19.4. The van der Waals surface area contributed by atoms with Crippen LogP contribution in [0.2, 0.25) is 0 Å². The number of benzene rings is 2. The number of carbonyl (C=O) groups excluding carboxylic acids is 2. The van der Waals surface area contributed by atoms with Gasteiger partial charge < -0.3 is 20.5 Å². The maximum Gasteiger partial charge on any atom is 0.408 e. The van der Waals surface area contributed by atoms with Gasteiger partial charge in [-0.3, -0.25) is 9.59 Å². The Labute approximate surface area is 194 Å². The van der Waals surface area contributed by atoms with Crippen molar-refractivity contribution >= 4 is 18.0 Å². The van der Waals surface area contributed by atoms with Crippen LogP contribution in [0.5, 0.6) is 0 Å². The zero-order chi connectivity index (χ0) is 24.9. The van der Waals surface area contributed by atoms with Crippen molar-refractivity contribution < 1.29 is 37.4 Å². The monoisotopic (exact) mass is 478 g/mol. The molecule has 7 nitrogen and oxygen atoms in total. The second-order valence-corrected chi connectivity index (χ2v) is 8.17. The molecule has 0 aromatic heterocycles. The molecule has 0 radical (unpaired) electrons. The van der Waals surface area contributed by atoms with Gasteiger partial charge >= 0.3 is 18.2 Å². The van der Waals surface area contributed by atoms with Gasteiger partial charge in [0.15, 0.2) is 0 Å². The normalized spacial score (nSPS) is 14.5. The fourth-order valence-corrected chi connectivity index (χ4v) is 4.04. The quantitative estimate of drug-likeness (QED) is 0.501. The SMILES string of the molecule is C[C@@H](CC(=O)O)NC(=O)CC[C@H](NC(=O)OCC1c2ccccc2-c2ccccc21)C(F)(F)F. The lowest BCUT2D eigenvalue weighted by atomic mass is 9.98. The van der Waals surface area contributed by atoms with Crippen molar-refractivity contribution in [1.29, 1.82) is 0 Å². The molecule has 0 heterocycles. The third-order valence-electron chi connectivity index (χ3n) is 5.58. The fraction of sp³-hybridized carbons (Fsp3) is 0.375. The van der Waals surface area contributed by atoms with Crippen molar-refractivity contribution in [3.63, 3.8) is 0 Å². The number of halogens is 3. The van der Waals surface area contributed by atoms with E-state index in [-0.39, 0.29) is 18.9 Å². The molecule has 0 saturated heterocycles. The third-order valence-corrected chi connectivity index (χ3v) is 5.58. The maximum atomic E-state index is 13.4. The first-order valence-electron chi connectivity index (χ1n) is 10.8. The molecule has 0 unspecified atom stereocenters. The van der Waals surface area contributed by atoms with Crippen LogP contribution in [0.4, 0.5) is 18.0 Å². The molecule has 1 aliphatic rings. The Morgan fingerprint density at radius 1 is 1.00 bits per heavy atom. The number of hydrogen-bond acceptors (Lipinski definition) is 4. The van der Waals surface area contributed by atoms with Crippen molar-refractivity contribution in [2.45, 2.75) is 50.4 Å². The number of amides is 2. The summed E-state index contributed by atoms with van der Waals surface area (Å²) in [5, 5.41) is 12.8. The molecule has 0 spiro atoms. The van der Waals surface area contributed by atoms with Crippen LogP contribution in [0.1, 0.15) is 43.2 Å². The van der Waals surface area contributed by atoms with Crippen LogP contribution >= 0.6 is 0 Å². The average molecular weight is 478 g/mol. The fourth-order valence-electron chi connectivity index (χ4n) is 4.04. The molecule has 0 aliphatic heterocycles. The van der Waals surface area contributed by atoms with E-state index < -0.39 is 49.1 Å². The second kappa shape index (κ2) is 10.6. The number of alkyl carbamates (subject to hydrolysis) is 1. The van der Waals surface area contributed by atoms with Gasteiger partial charge in [0, 0.05) is 18.4 Å². The van der Waals surface area contributed by atoms with Gasteiger partial charge in [-0.15, -0.1) is 0 Å². The highest BCUT2D eigenvalue weighted by molar-refractivity contribution is 5.79. The van der Waals surface area contributed by atoms with Gasteiger partial charge in [-0.2, -0.15) is 13.2 Å². The van der Waals surface area contributed by atoms with E-state index in [0.29, 0.717) is 0 Å². The molecule has 2 aromatic carbocycles. The largest absolute Gasteiger partial charge is 0.481 e. The molecule has 2 aromatic rings. The highest BCUT2D eigenvalue weighted by Gasteiger charge is 2.41. The smallest absolute Gasteiger partial charge is 0.408 e. The van der Waals surface area contributed by atoms with E-state index in [1.54, 1.807) is 0 Å². The molecule has 3 N–H and O–H groups in total. The Kier molecular flexibility index (Phi) is 7.80. The molecule has 2 amide bonds. The first kappa shape index (κ1) is 25.1. The molecule has 10 heteroatoms. The Hall–Kier alpha value is -3.56. The van der Waals surface area contributed by atoms with E-state index in [9.17, 15) is 27.6 Å². The van der Waals surface area contributed by atoms with Gasteiger partial charge in [0.05, 0.1) is 6.42 Å². The molecule has 182 valence electrons. The zero-order valence-corrected chi connectivity index (χ0v) is 18.4. The van der Waals surface area contributed by atoms with Crippen LogP contribution in [0, 0.1) is 0 Å². The summed E-state index contributed by atoms with van der Waals surface area (Å²) in [5.74, 6) is -2.18. The predicted molar refractivity (Wildman–Crippen MR) is 117 cm³/mol. The van der Waals surface area contributed by atoms with Crippen LogP contribution in [-0.2, 0) is 14.3 Å². The van der Waals surface area contributed by atoms with E-state index in [1.165, 1.54) is 6.92 Å². The Bertz CT molecular complexity index is 1010. The van der Waals surface area contributed by atoms with Gasteiger partial charge in [-0.1, -0.05) is 48.5 Å². The Balaban J connectivity index is 1.58. The number of nitrogens with one attached hydrogen (secondary N) is 2. The van der Waals surface area contributed by atoms with E-state index in [4.69, 9.17) is 9.84 Å². The van der Waals surface area contributed by atoms with E-state index >= 15 is 0 Å².